The first kappa shape index (κ1) is 24.8. The van der Waals surface area contributed by atoms with E-state index in [1.54, 1.807) is 0 Å². The fourth-order valence-corrected chi connectivity index (χ4v) is 4.99. The van der Waals surface area contributed by atoms with Gasteiger partial charge in [-0.05, 0) is 28.8 Å². The number of nitrogens with one attached hydrogen (secondary N) is 1. The van der Waals surface area contributed by atoms with Crippen molar-refractivity contribution in [2.75, 3.05) is 13.1 Å². The Morgan fingerprint density at radius 3 is 2.33 bits per heavy atom. The van der Waals surface area contributed by atoms with E-state index in [0.717, 1.165) is 45.4 Å². The number of nitrogens with zero attached hydrogens (tertiary/aromatic N) is 3. The topological polar surface area (TPSA) is 78.3 Å². The molecule has 0 spiro atoms. The van der Waals surface area contributed by atoms with E-state index in [4.69, 9.17) is 19.6 Å². The Bertz CT molecular complexity index is 1600. The summed E-state index contributed by atoms with van der Waals surface area (Å²) in [5, 5.41) is 9.17. The number of pyridine rings is 1. The van der Waals surface area contributed by atoms with Gasteiger partial charge >= 0.3 is 0 Å². The van der Waals surface area contributed by atoms with Crippen molar-refractivity contribution in [3.8, 4) is 23.0 Å². The molecule has 1 aliphatic rings. The summed E-state index contributed by atoms with van der Waals surface area (Å²) >= 11 is 0. The van der Waals surface area contributed by atoms with E-state index in [2.05, 4.69) is 17.4 Å². The van der Waals surface area contributed by atoms with Gasteiger partial charge in [0.05, 0.1) is 17.0 Å². The van der Waals surface area contributed by atoms with Crippen molar-refractivity contribution in [2.24, 2.45) is 7.05 Å². The molecule has 0 amide bonds. The molecular weight excluding hydrogens is 488 g/mol. The zero-order chi connectivity index (χ0) is 26.6. The van der Waals surface area contributed by atoms with Crippen LogP contribution in [-0.2, 0) is 25.1 Å². The molecule has 0 aliphatic carbocycles. The van der Waals surface area contributed by atoms with Gasteiger partial charge in [-0.25, -0.2) is 0 Å². The summed E-state index contributed by atoms with van der Waals surface area (Å²) in [6.45, 7) is 2.20. The van der Waals surface area contributed by atoms with Crippen molar-refractivity contribution < 1.29 is 14.3 Å². The molecule has 39 heavy (non-hydrogen) atoms. The molecule has 0 saturated carbocycles. The number of carbonyl (C=O) groups excluding carboxylic acids is 1. The second-order valence-corrected chi connectivity index (χ2v) is 9.77. The molecule has 5 aromatic rings. The number of rotatable bonds is 8. The molecule has 0 radical (unpaired) electrons. The van der Waals surface area contributed by atoms with Crippen LogP contribution in [0.3, 0.4) is 0 Å². The summed E-state index contributed by atoms with van der Waals surface area (Å²) < 4.78 is 14.1. The highest BCUT2D eigenvalue weighted by Gasteiger charge is 2.25. The van der Waals surface area contributed by atoms with Crippen LogP contribution in [0.4, 0.5) is 0 Å². The van der Waals surface area contributed by atoms with Gasteiger partial charge in [0.1, 0.15) is 24.7 Å². The van der Waals surface area contributed by atoms with E-state index in [1.807, 2.05) is 90.6 Å². The number of Topliss-reactive ketones (excluding diaryl/α,β-unsaturated/α-hetero) is 1. The first-order chi connectivity index (χ1) is 19.2. The number of aromatic nitrogens is 3. The van der Waals surface area contributed by atoms with Crippen molar-refractivity contribution in [3.05, 3.63) is 108 Å². The van der Waals surface area contributed by atoms with Crippen LogP contribution in [0, 0.1) is 0 Å². The number of ether oxygens (including phenoxy) is 2. The minimum Gasteiger partial charge on any atom is -0.473 e. The molecule has 6 rings (SSSR count). The second kappa shape index (κ2) is 11.1. The highest BCUT2D eigenvalue weighted by atomic mass is 16.5. The van der Waals surface area contributed by atoms with E-state index in [9.17, 15) is 4.79 Å². The summed E-state index contributed by atoms with van der Waals surface area (Å²) in [4.78, 5) is 17.3. The summed E-state index contributed by atoms with van der Waals surface area (Å²) in [5.74, 6) is 1.09. The van der Waals surface area contributed by atoms with Gasteiger partial charge in [0.25, 0.3) is 0 Å². The number of hydrogen-bond donors (Lipinski definition) is 1. The molecular formula is C32H30N4O3. The van der Waals surface area contributed by atoms with Crippen molar-refractivity contribution in [1.29, 1.82) is 0 Å². The van der Waals surface area contributed by atoms with Crippen LogP contribution in [0.25, 0.3) is 22.2 Å². The molecule has 3 heterocycles. The molecule has 7 heteroatoms. The SMILES string of the molecule is Cn1nc(-c2ccc(OCc3ccccc3)nc2OCc2ccccc2)c2ccc(C3CNCCC3=O)cc21. The first-order valence-corrected chi connectivity index (χ1v) is 13.2. The lowest BCUT2D eigenvalue weighted by atomic mass is 9.89. The lowest BCUT2D eigenvalue weighted by Crippen LogP contribution is -2.35. The summed E-state index contributed by atoms with van der Waals surface area (Å²) in [6, 6.07) is 30.0. The van der Waals surface area contributed by atoms with Crippen molar-refractivity contribution in [3.63, 3.8) is 0 Å². The molecule has 1 atom stereocenters. The first-order valence-electron chi connectivity index (χ1n) is 13.2. The van der Waals surface area contributed by atoms with Crippen molar-refractivity contribution in [1.82, 2.24) is 20.1 Å². The third kappa shape index (κ3) is 5.40. The van der Waals surface area contributed by atoms with Crippen molar-refractivity contribution >= 4 is 16.7 Å². The number of piperidine rings is 1. The third-order valence-electron chi connectivity index (χ3n) is 7.10. The zero-order valence-corrected chi connectivity index (χ0v) is 21.8. The minimum absolute atomic E-state index is 0.131. The Morgan fingerprint density at radius 2 is 1.62 bits per heavy atom. The molecule has 1 N–H and O–H groups in total. The monoisotopic (exact) mass is 518 g/mol. The van der Waals surface area contributed by atoms with E-state index in [0.29, 0.717) is 37.9 Å². The van der Waals surface area contributed by atoms with Gasteiger partial charge in [-0.3, -0.25) is 9.48 Å². The molecule has 1 unspecified atom stereocenters. The van der Waals surface area contributed by atoms with Gasteiger partial charge in [-0.15, -0.1) is 0 Å². The summed E-state index contributed by atoms with van der Waals surface area (Å²) in [7, 11) is 1.92. The van der Waals surface area contributed by atoms with E-state index < -0.39 is 0 Å². The minimum atomic E-state index is -0.131. The number of aryl methyl sites for hydroxylation is 1. The van der Waals surface area contributed by atoms with Gasteiger partial charge in [-0.1, -0.05) is 72.8 Å². The fraction of sp³-hybridized carbons (Fsp3) is 0.219. The fourth-order valence-electron chi connectivity index (χ4n) is 4.99. The molecule has 1 aliphatic heterocycles. The number of benzene rings is 3. The van der Waals surface area contributed by atoms with E-state index in [-0.39, 0.29) is 11.7 Å². The maximum atomic E-state index is 12.6. The maximum Gasteiger partial charge on any atom is 0.226 e. The van der Waals surface area contributed by atoms with Crippen LogP contribution < -0.4 is 14.8 Å². The highest BCUT2D eigenvalue weighted by molar-refractivity contribution is 5.96. The second-order valence-electron chi connectivity index (χ2n) is 9.77. The number of hydrogen-bond acceptors (Lipinski definition) is 6. The Kier molecular flexibility index (Phi) is 7.06. The van der Waals surface area contributed by atoms with E-state index in [1.165, 1.54) is 0 Å². The predicted molar refractivity (Wildman–Crippen MR) is 151 cm³/mol. The smallest absolute Gasteiger partial charge is 0.226 e. The maximum absolute atomic E-state index is 12.6. The average molecular weight is 519 g/mol. The zero-order valence-electron chi connectivity index (χ0n) is 21.8. The van der Waals surface area contributed by atoms with Crippen LogP contribution in [-0.4, -0.2) is 33.6 Å². The molecule has 1 fully saturated rings. The highest BCUT2D eigenvalue weighted by Crippen LogP contribution is 2.36. The predicted octanol–water partition coefficient (Wildman–Crippen LogP) is 5.44. The van der Waals surface area contributed by atoms with Crippen LogP contribution >= 0.6 is 0 Å². The van der Waals surface area contributed by atoms with Gasteiger partial charge in [0.2, 0.25) is 11.8 Å². The third-order valence-corrected chi connectivity index (χ3v) is 7.10. The standard InChI is InChI=1S/C32H30N4O3/c1-36-28-18-24(27-19-33-17-16-29(27)37)12-13-25(28)31(35-36)26-14-15-30(38-20-22-8-4-2-5-9-22)34-32(26)39-21-23-10-6-3-7-11-23/h2-15,18,27,33H,16-17,19-21H2,1H3. The Hall–Kier alpha value is -4.49. The van der Waals surface area contributed by atoms with Crippen molar-refractivity contribution in [2.45, 2.75) is 25.6 Å². The molecule has 3 aromatic carbocycles. The van der Waals surface area contributed by atoms with Gasteiger partial charge < -0.3 is 14.8 Å². The lowest BCUT2D eigenvalue weighted by Gasteiger charge is -2.22. The Labute approximate surface area is 227 Å². The van der Waals surface area contributed by atoms with Gasteiger partial charge in [0, 0.05) is 38.0 Å². The Balaban J connectivity index is 1.35. The normalized spacial score (nSPS) is 15.4. The molecule has 1 saturated heterocycles. The van der Waals surface area contributed by atoms with Crippen LogP contribution in [0.5, 0.6) is 11.8 Å². The number of fused-ring (bicyclic) bond motifs is 1. The average Bonchev–Trinajstić information content (AvgIpc) is 3.31. The summed E-state index contributed by atoms with van der Waals surface area (Å²) in [5.41, 5.74) is 5.64. The van der Waals surface area contributed by atoms with Gasteiger partial charge in [-0.2, -0.15) is 10.1 Å². The largest absolute Gasteiger partial charge is 0.473 e. The van der Waals surface area contributed by atoms with Crippen LogP contribution in [0.15, 0.2) is 91.0 Å². The lowest BCUT2D eigenvalue weighted by molar-refractivity contribution is -0.121. The quantitative estimate of drug-likeness (QED) is 0.295. The summed E-state index contributed by atoms with van der Waals surface area (Å²) in [6.07, 6.45) is 0.561. The van der Waals surface area contributed by atoms with Crippen LogP contribution in [0.1, 0.15) is 29.0 Å². The molecule has 196 valence electrons. The molecule has 0 bridgehead atoms. The molecule has 7 nitrogen and oxygen atoms in total. The van der Waals surface area contributed by atoms with E-state index >= 15 is 0 Å². The van der Waals surface area contributed by atoms with Gasteiger partial charge in [0.15, 0.2) is 0 Å². The Morgan fingerprint density at radius 1 is 0.897 bits per heavy atom. The number of ketones is 1. The molecule has 2 aromatic heterocycles. The van der Waals surface area contributed by atoms with Crippen LogP contribution in [0.2, 0.25) is 0 Å². The number of carbonyl (C=O) groups is 1.